The fraction of sp³-hybridized carbons (Fsp3) is 0.0588. The molecule has 0 unspecified atom stereocenters. The SMILES string of the molecule is O=C(O)c1cc2ccc(OCc3ccccc3)cc2cn1. The number of carboxylic acid groups (broad SMARTS) is 1. The average Bonchev–Trinajstić information content (AvgIpc) is 2.53. The number of aromatic carboxylic acids is 1. The summed E-state index contributed by atoms with van der Waals surface area (Å²) < 4.78 is 5.73. The number of hydrogen-bond acceptors (Lipinski definition) is 3. The van der Waals surface area contributed by atoms with Crippen LogP contribution in [-0.2, 0) is 6.61 Å². The largest absolute Gasteiger partial charge is 0.489 e. The molecule has 0 fully saturated rings. The Balaban J connectivity index is 1.81. The second-order valence-electron chi connectivity index (χ2n) is 4.66. The van der Waals surface area contributed by atoms with Crippen LogP contribution in [0, 0.1) is 0 Å². The lowest BCUT2D eigenvalue weighted by molar-refractivity contribution is 0.0690. The minimum atomic E-state index is -1.03. The molecular weight excluding hydrogens is 266 g/mol. The summed E-state index contributed by atoms with van der Waals surface area (Å²) in [5, 5.41) is 10.6. The molecule has 1 heterocycles. The van der Waals surface area contributed by atoms with E-state index in [4.69, 9.17) is 9.84 Å². The smallest absolute Gasteiger partial charge is 0.354 e. The number of carboxylic acids is 1. The Morgan fingerprint density at radius 2 is 1.86 bits per heavy atom. The van der Waals surface area contributed by atoms with Gasteiger partial charge in [0.15, 0.2) is 0 Å². The van der Waals surface area contributed by atoms with E-state index in [0.717, 1.165) is 22.1 Å². The molecule has 2 aromatic carbocycles. The van der Waals surface area contributed by atoms with Crippen molar-refractivity contribution in [1.29, 1.82) is 0 Å². The minimum absolute atomic E-state index is 0.0421. The predicted octanol–water partition coefficient (Wildman–Crippen LogP) is 3.51. The van der Waals surface area contributed by atoms with Gasteiger partial charge in [-0.3, -0.25) is 0 Å². The van der Waals surface area contributed by atoms with Gasteiger partial charge < -0.3 is 9.84 Å². The van der Waals surface area contributed by atoms with Gasteiger partial charge in [0.2, 0.25) is 0 Å². The summed E-state index contributed by atoms with van der Waals surface area (Å²) >= 11 is 0. The lowest BCUT2D eigenvalue weighted by Gasteiger charge is -2.07. The highest BCUT2D eigenvalue weighted by atomic mass is 16.5. The van der Waals surface area contributed by atoms with Crippen molar-refractivity contribution < 1.29 is 14.6 Å². The van der Waals surface area contributed by atoms with E-state index in [1.54, 1.807) is 12.3 Å². The highest BCUT2D eigenvalue weighted by Crippen LogP contribution is 2.21. The number of fused-ring (bicyclic) bond motifs is 1. The predicted molar refractivity (Wildman–Crippen MR) is 79.5 cm³/mol. The Kier molecular flexibility index (Phi) is 3.51. The first-order chi connectivity index (χ1) is 10.2. The van der Waals surface area contributed by atoms with Crippen molar-refractivity contribution in [3.63, 3.8) is 0 Å². The molecule has 21 heavy (non-hydrogen) atoms. The third-order valence-electron chi connectivity index (χ3n) is 3.16. The van der Waals surface area contributed by atoms with Crippen LogP contribution < -0.4 is 4.74 Å². The van der Waals surface area contributed by atoms with Crippen molar-refractivity contribution in [1.82, 2.24) is 4.98 Å². The van der Waals surface area contributed by atoms with Crippen LogP contribution in [0.5, 0.6) is 5.75 Å². The normalized spacial score (nSPS) is 10.5. The van der Waals surface area contributed by atoms with Gasteiger partial charge in [-0.15, -0.1) is 0 Å². The summed E-state index contributed by atoms with van der Waals surface area (Å²) in [4.78, 5) is 14.8. The minimum Gasteiger partial charge on any atom is -0.489 e. The van der Waals surface area contributed by atoms with Crippen molar-refractivity contribution in [2.24, 2.45) is 0 Å². The van der Waals surface area contributed by atoms with E-state index < -0.39 is 5.97 Å². The molecule has 0 aliphatic rings. The molecule has 104 valence electrons. The fourth-order valence-electron chi connectivity index (χ4n) is 2.07. The topological polar surface area (TPSA) is 59.4 Å². The van der Waals surface area contributed by atoms with Gasteiger partial charge in [-0.25, -0.2) is 9.78 Å². The number of hydrogen-bond donors (Lipinski definition) is 1. The van der Waals surface area contributed by atoms with Crippen LogP contribution in [0.4, 0.5) is 0 Å². The molecule has 0 bridgehead atoms. The number of benzene rings is 2. The Morgan fingerprint density at radius 1 is 1.05 bits per heavy atom. The van der Waals surface area contributed by atoms with Crippen LogP contribution in [0.3, 0.4) is 0 Å². The molecule has 0 saturated heterocycles. The molecule has 4 heteroatoms. The van der Waals surface area contributed by atoms with E-state index in [-0.39, 0.29) is 5.69 Å². The number of ether oxygens (including phenoxy) is 1. The van der Waals surface area contributed by atoms with Gasteiger partial charge in [-0.05, 0) is 29.1 Å². The lowest BCUT2D eigenvalue weighted by Crippen LogP contribution is -1.99. The molecule has 1 N–H and O–H groups in total. The van der Waals surface area contributed by atoms with E-state index in [9.17, 15) is 4.79 Å². The van der Waals surface area contributed by atoms with Gasteiger partial charge in [0, 0.05) is 11.6 Å². The molecule has 0 atom stereocenters. The number of rotatable bonds is 4. The first-order valence-corrected chi connectivity index (χ1v) is 6.52. The third-order valence-corrected chi connectivity index (χ3v) is 3.16. The van der Waals surface area contributed by atoms with Gasteiger partial charge in [0.25, 0.3) is 0 Å². The summed E-state index contributed by atoms with van der Waals surface area (Å²) in [6.07, 6.45) is 1.55. The summed E-state index contributed by atoms with van der Waals surface area (Å²) in [7, 11) is 0. The van der Waals surface area contributed by atoms with Crippen molar-refractivity contribution in [3.05, 3.63) is 72.1 Å². The molecule has 4 nitrogen and oxygen atoms in total. The molecule has 3 aromatic rings. The summed E-state index contributed by atoms with van der Waals surface area (Å²) in [6, 6.07) is 17.0. The molecule has 0 spiro atoms. The zero-order valence-electron chi connectivity index (χ0n) is 11.2. The average molecular weight is 279 g/mol. The van der Waals surface area contributed by atoms with Gasteiger partial charge in [-0.1, -0.05) is 36.4 Å². The quantitative estimate of drug-likeness (QED) is 0.794. The number of pyridine rings is 1. The van der Waals surface area contributed by atoms with Gasteiger partial charge in [-0.2, -0.15) is 0 Å². The molecule has 3 rings (SSSR count). The van der Waals surface area contributed by atoms with Crippen LogP contribution in [-0.4, -0.2) is 16.1 Å². The van der Waals surface area contributed by atoms with Crippen molar-refractivity contribution >= 4 is 16.7 Å². The van der Waals surface area contributed by atoms with Crippen LogP contribution in [0.15, 0.2) is 60.8 Å². The van der Waals surface area contributed by atoms with E-state index in [1.165, 1.54) is 0 Å². The maximum atomic E-state index is 10.9. The second-order valence-corrected chi connectivity index (χ2v) is 4.66. The van der Waals surface area contributed by atoms with Gasteiger partial charge >= 0.3 is 5.97 Å². The van der Waals surface area contributed by atoms with E-state index in [2.05, 4.69) is 4.98 Å². The van der Waals surface area contributed by atoms with Gasteiger partial charge in [0.1, 0.15) is 18.1 Å². The van der Waals surface area contributed by atoms with Gasteiger partial charge in [0.05, 0.1) is 0 Å². The fourth-order valence-corrected chi connectivity index (χ4v) is 2.07. The molecule has 0 radical (unpaired) electrons. The maximum Gasteiger partial charge on any atom is 0.354 e. The van der Waals surface area contributed by atoms with Crippen molar-refractivity contribution in [3.8, 4) is 5.75 Å². The molecule has 0 aliphatic carbocycles. The van der Waals surface area contributed by atoms with E-state index in [0.29, 0.717) is 6.61 Å². The van der Waals surface area contributed by atoms with Crippen molar-refractivity contribution in [2.45, 2.75) is 6.61 Å². The summed E-state index contributed by atoms with van der Waals surface area (Å²) in [5.74, 6) is -0.294. The van der Waals surface area contributed by atoms with Crippen LogP contribution >= 0.6 is 0 Å². The highest BCUT2D eigenvalue weighted by molar-refractivity contribution is 5.92. The first-order valence-electron chi connectivity index (χ1n) is 6.52. The summed E-state index contributed by atoms with van der Waals surface area (Å²) in [6.45, 7) is 0.493. The molecule has 0 amide bonds. The summed E-state index contributed by atoms with van der Waals surface area (Å²) in [5.41, 5.74) is 1.14. The molecule has 0 saturated carbocycles. The third kappa shape index (κ3) is 3.00. The number of nitrogens with zero attached hydrogens (tertiary/aromatic N) is 1. The zero-order chi connectivity index (χ0) is 14.7. The molecule has 1 aromatic heterocycles. The van der Waals surface area contributed by atoms with Crippen LogP contribution in [0.25, 0.3) is 10.8 Å². The molecule has 0 aliphatic heterocycles. The Labute approximate surface area is 121 Å². The van der Waals surface area contributed by atoms with E-state index >= 15 is 0 Å². The number of aromatic nitrogens is 1. The second kappa shape index (κ2) is 5.63. The number of carbonyl (C=O) groups is 1. The van der Waals surface area contributed by atoms with Crippen LogP contribution in [0.1, 0.15) is 16.1 Å². The zero-order valence-corrected chi connectivity index (χ0v) is 11.2. The first kappa shape index (κ1) is 13.1. The Bertz CT molecular complexity index is 784. The highest BCUT2D eigenvalue weighted by Gasteiger charge is 2.06. The monoisotopic (exact) mass is 279 g/mol. The molecular formula is C17H13NO3. The lowest BCUT2D eigenvalue weighted by atomic mass is 10.1. The maximum absolute atomic E-state index is 10.9. The standard InChI is InChI=1S/C17H13NO3/c19-17(20)16-9-13-6-7-15(8-14(13)10-18-16)21-11-12-4-2-1-3-5-12/h1-10H,11H2,(H,19,20). The Morgan fingerprint density at radius 3 is 2.62 bits per heavy atom. The van der Waals surface area contributed by atoms with E-state index in [1.807, 2.05) is 48.5 Å². The Hall–Kier alpha value is -2.88. The van der Waals surface area contributed by atoms with Crippen molar-refractivity contribution in [2.75, 3.05) is 0 Å². The van der Waals surface area contributed by atoms with Crippen LogP contribution in [0.2, 0.25) is 0 Å².